The van der Waals surface area contributed by atoms with Crippen LogP contribution >= 0.6 is 0 Å². The topological polar surface area (TPSA) is 29.3 Å². The fourth-order valence-electron chi connectivity index (χ4n) is 2.82. The van der Waals surface area contributed by atoms with Crippen molar-refractivity contribution in [1.82, 2.24) is 4.90 Å². The Balaban J connectivity index is 1.96. The first-order valence-corrected chi connectivity index (χ1v) is 6.88. The summed E-state index contributed by atoms with van der Waals surface area (Å²) in [7, 11) is 0. The number of hydrogen-bond acceptors (Lipinski definition) is 2. The zero-order chi connectivity index (χ0) is 11.9. The van der Waals surface area contributed by atoms with Crippen LogP contribution in [0.25, 0.3) is 0 Å². The third-order valence-corrected chi connectivity index (χ3v) is 3.74. The molecule has 0 spiro atoms. The quantitative estimate of drug-likeness (QED) is 0.846. The molecule has 0 heterocycles. The van der Waals surface area contributed by atoms with Crippen molar-refractivity contribution in [3.63, 3.8) is 0 Å². The highest BCUT2D eigenvalue weighted by Gasteiger charge is 2.20. The minimum atomic E-state index is 0.757. The Morgan fingerprint density at radius 3 is 2.41 bits per heavy atom. The van der Waals surface area contributed by atoms with E-state index < -0.39 is 0 Å². The molecule has 1 saturated carbocycles. The van der Waals surface area contributed by atoms with Gasteiger partial charge >= 0.3 is 0 Å². The molecule has 2 nitrogen and oxygen atoms in total. The van der Waals surface area contributed by atoms with Gasteiger partial charge in [0.15, 0.2) is 0 Å². The third kappa shape index (κ3) is 3.83. The largest absolute Gasteiger partial charge is 0.329 e. The lowest BCUT2D eigenvalue weighted by Gasteiger charge is -2.34. The van der Waals surface area contributed by atoms with E-state index in [1.807, 2.05) is 0 Å². The second-order valence-corrected chi connectivity index (χ2v) is 5.04. The van der Waals surface area contributed by atoms with Gasteiger partial charge in [0.2, 0.25) is 0 Å². The van der Waals surface area contributed by atoms with E-state index in [-0.39, 0.29) is 0 Å². The maximum Gasteiger partial charge on any atom is 0.0237 e. The summed E-state index contributed by atoms with van der Waals surface area (Å²) in [6.07, 6.45) is 6.90. The molecule has 17 heavy (non-hydrogen) atoms. The van der Waals surface area contributed by atoms with Crippen molar-refractivity contribution in [1.29, 1.82) is 0 Å². The lowest BCUT2D eigenvalue weighted by molar-refractivity contribution is 0.152. The second-order valence-electron chi connectivity index (χ2n) is 5.04. The molecule has 0 saturated heterocycles. The lowest BCUT2D eigenvalue weighted by Crippen LogP contribution is -2.39. The molecule has 1 aromatic carbocycles. The average molecular weight is 232 g/mol. The van der Waals surface area contributed by atoms with Gasteiger partial charge in [-0.1, -0.05) is 49.6 Å². The highest BCUT2D eigenvalue weighted by molar-refractivity contribution is 5.14. The molecule has 0 unspecified atom stereocenters. The molecule has 0 bridgehead atoms. The van der Waals surface area contributed by atoms with Crippen molar-refractivity contribution >= 4 is 0 Å². The SMILES string of the molecule is NCCN(Cc1ccccc1)C1CCCCC1. The fourth-order valence-corrected chi connectivity index (χ4v) is 2.82. The van der Waals surface area contributed by atoms with Gasteiger partial charge in [-0.2, -0.15) is 0 Å². The first-order valence-electron chi connectivity index (χ1n) is 6.88. The summed E-state index contributed by atoms with van der Waals surface area (Å²) in [5.74, 6) is 0. The van der Waals surface area contributed by atoms with Crippen molar-refractivity contribution in [2.75, 3.05) is 13.1 Å². The van der Waals surface area contributed by atoms with Crippen LogP contribution in [0.3, 0.4) is 0 Å². The molecule has 0 aliphatic heterocycles. The van der Waals surface area contributed by atoms with Crippen LogP contribution in [0.1, 0.15) is 37.7 Å². The van der Waals surface area contributed by atoms with Gasteiger partial charge in [-0.25, -0.2) is 0 Å². The van der Waals surface area contributed by atoms with Gasteiger partial charge in [-0.15, -0.1) is 0 Å². The maximum atomic E-state index is 5.75. The zero-order valence-corrected chi connectivity index (χ0v) is 10.6. The highest BCUT2D eigenvalue weighted by atomic mass is 15.2. The molecule has 0 amide bonds. The highest BCUT2D eigenvalue weighted by Crippen LogP contribution is 2.23. The summed E-state index contributed by atoms with van der Waals surface area (Å²) in [5.41, 5.74) is 7.16. The molecule has 0 aromatic heterocycles. The first-order chi connectivity index (χ1) is 8.40. The smallest absolute Gasteiger partial charge is 0.0237 e. The summed E-state index contributed by atoms with van der Waals surface area (Å²) in [5, 5.41) is 0. The van der Waals surface area contributed by atoms with E-state index in [9.17, 15) is 0 Å². The summed E-state index contributed by atoms with van der Waals surface area (Å²) in [6.45, 7) is 2.85. The number of nitrogens with two attached hydrogens (primary N) is 1. The minimum Gasteiger partial charge on any atom is -0.329 e. The monoisotopic (exact) mass is 232 g/mol. The van der Waals surface area contributed by atoms with Crippen LogP contribution < -0.4 is 5.73 Å². The van der Waals surface area contributed by atoms with E-state index in [1.54, 1.807) is 0 Å². The fraction of sp³-hybridized carbons (Fsp3) is 0.600. The number of nitrogens with zero attached hydrogens (tertiary/aromatic N) is 1. The van der Waals surface area contributed by atoms with Gasteiger partial charge in [0.1, 0.15) is 0 Å². The van der Waals surface area contributed by atoms with Gasteiger partial charge in [-0.3, -0.25) is 4.90 Å². The predicted molar refractivity (Wildman–Crippen MR) is 72.8 cm³/mol. The molecule has 1 aliphatic carbocycles. The summed E-state index contributed by atoms with van der Waals surface area (Å²) in [6, 6.07) is 11.5. The Morgan fingerprint density at radius 1 is 1.06 bits per heavy atom. The van der Waals surface area contributed by atoms with Crippen molar-refractivity contribution < 1.29 is 0 Å². The summed E-state index contributed by atoms with van der Waals surface area (Å²) in [4.78, 5) is 2.58. The van der Waals surface area contributed by atoms with E-state index in [1.165, 1.54) is 37.7 Å². The number of rotatable bonds is 5. The average Bonchev–Trinajstić information content (AvgIpc) is 2.40. The van der Waals surface area contributed by atoms with Crippen LogP contribution in [-0.4, -0.2) is 24.0 Å². The summed E-state index contributed by atoms with van der Waals surface area (Å²) >= 11 is 0. The van der Waals surface area contributed by atoms with Crippen LogP contribution in [0.15, 0.2) is 30.3 Å². The normalized spacial score (nSPS) is 17.5. The van der Waals surface area contributed by atoms with Crippen LogP contribution in [0, 0.1) is 0 Å². The number of hydrogen-bond donors (Lipinski definition) is 1. The second kappa shape index (κ2) is 6.77. The molecule has 2 rings (SSSR count). The van der Waals surface area contributed by atoms with Gasteiger partial charge in [0.25, 0.3) is 0 Å². The van der Waals surface area contributed by atoms with Gasteiger partial charge in [-0.05, 0) is 18.4 Å². The molecule has 1 aromatic rings. The van der Waals surface area contributed by atoms with Crippen molar-refractivity contribution in [3.8, 4) is 0 Å². The molecule has 2 heteroatoms. The predicted octanol–water partition coefficient (Wildman–Crippen LogP) is 2.78. The Hall–Kier alpha value is -0.860. The molecule has 0 radical (unpaired) electrons. The van der Waals surface area contributed by atoms with Crippen LogP contribution in [0.2, 0.25) is 0 Å². The van der Waals surface area contributed by atoms with Crippen molar-refractivity contribution in [2.24, 2.45) is 5.73 Å². The van der Waals surface area contributed by atoms with Gasteiger partial charge < -0.3 is 5.73 Å². The van der Waals surface area contributed by atoms with Crippen LogP contribution in [0.4, 0.5) is 0 Å². The molecule has 0 atom stereocenters. The molecule has 1 aliphatic rings. The van der Waals surface area contributed by atoms with Crippen LogP contribution in [-0.2, 0) is 6.54 Å². The van der Waals surface area contributed by atoms with E-state index in [0.29, 0.717) is 0 Å². The zero-order valence-electron chi connectivity index (χ0n) is 10.6. The maximum absolute atomic E-state index is 5.75. The molecule has 2 N–H and O–H groups in total. The minimum absolute atomic E-state index is 0.757. The van der Waals surface area contributed by atoms with E-state index in [2.05, 4.69) is 35.2 Å². The molecule has 1 fully saturated rings. The Bertz CT molecular complexity index is 304. The van der Waals surface area contributed by atoms with E-state index >= 15 is 0 Å². The Kier molecular flexibility index (Phi) is 5.02. The number of benzene rings is 1. The third-order valence-electron chi connectivity index (χ3n) is 3.74. The Labute approximate surface area is 105 Å². The molecular weight excluding hydrogens is 208 g/mol. The standard InChI is InChI=1S/C15H24N2/c16-11-12-17(15-9-5-2-6-10-15)13-14-7-3-1-4-8-14/h1,3-4,7-8,15H,2,5-6,9-13,16H2. The van der Waals surface area contributed by atoms with Gasteiger partial charge in [0, 0.05) is 25.7 Å². The summed E-state index contributed by atoms with van der Waals surface area (Å²) < 4.78 is 0. The van der Waals surface area contributed by atoms with Crippen LogP contribution in [0.5, 0.6) is 0 Å². The van der Waals surface area contributed by atoms with Crippen molar-refractivity contribution in [3.05, 3.63) is 35.9 Å². The molecule has 94 valence electrons. The van der Waals surface area contributed by atoms with E-state index in [4.69, 9.17) is 5.73 Å². The first kappa shape index (κ1) is 12.6. The lowest BCUT2D eigenvalue weighted by atomic mass is 9.94. The van der Waals surface area contributed by atoms with Gasteiger partial charge in [0.05, 0.1) is 0 Å². The Morgan fingerprint density at radius 2 is 1.76 bits per heavy atom. The molecular formula is C15H24N2. The van der Waals surface area contributed by atoms with E-state index in [0.717, 1.165) is 25.7 Å². The van der Waals surface area contributed by atoms with Crippen molar-refractivity contribution in [2.45, 2.75) is 44.7 Å².